The molecule has 1 aromatic rings. The molecule has 14 heavy (non-hydrogen) atoms. The second kappa shape index (κ2) is 5.55. The number of thiophene rings is 1. The Kier molecular flexibility index (Phi) is 4.67. The third-order valence-electron chi connectivity index (χ3n) is 1.93. The SMILES string of the molecule is C#CC(NCCC)c1cc(C)c(Br)s1. The molecule has 0 saturated heterocycles. The Hall–Kier alpha value is -0.300. The van der Waals surface area contributed by atoms with Crippen molar-refractivity contribution in [1.82, 2.24) is 5.32 Å². The lowest BCUT2D eigenvalue weighted by molar-refractivity contribution is 0.633. The lowest BCUT2D eigenvalue weighted by Gasteiger charge is -2.09. The molecular formula is C11H14BrNS. The highest BCUT2D eigenvalue weighted by atomic mass is 79.9. The Morgan fingerprint density at radius 2 is 2.43 bits per heavy atom. The molecule has 1 heterocycles. The molecule has 0 aliphatic carbocycles. The Morgan fingerprint density at radius 1 is 1.71 bits per heavy atom. The van der Waals surface area contributed by atoms with Crippen LogP contribution in [0.4, 0.5) is 0 Å². The van der Waals surface area contributed by atoms with Crippen molar-refractivity contribution in [3.63, 3.8) is 0 Å². The van der Waals surface area contributed by atoms with E-state index in [9.17, 15) is 0 Å². The van der Waals surface area contributed by atoms with Crippen LogP contribution in [0, 0.1) is 19.3 Å². The minimum atomic E-state index is 0.0601. The Balaban J connectivity index is 2.75. The van der Waals surface area contributed by atoms with Crippen LogP contribution in [-0.4, -0.2) is 6.54 Å². The lowest BCUT2D eigenvalue weighted by Crippen LogP contribution is -2.19. The first-order valence-electron chi connectivity index (χ1n) is 4.64. The first-order valence-corrected chi connectivity index (χ1v) is 6.25. The zero-order chi connectivity index (χ0) is 10.6. The van der Waals surface area contributed by atoms with Gasteiger partial charge in [0.05, 0.1) is 3.79 Å². The van der Waals surface area contributed by atoms with Crippen LogP contribution in [0.1, 0.15) is 29.8 Å². The van der Waals surface area contributed by atoms with Gasteiger partial charge in [0.1, 0.15) is 6.04 Å². The zero-order valence-electron chi connectivity index (χ0n) is 8.43. The molecule has 0 amide bonds. The fraction of sp³-hybridized carbons (Fsp3) is 0.455. The van der Waals surface area contributed by atoms with Gasteiger partial charge in [-0.1, -0.05) is 12.8 Å². The number of halogens is 1. The molecule has 1 unspecified atom stereocenters. The van der Waals surface area contributed by atoms with Crippen LogP contribution in [0.5, 0.6) is 0 Å². The monoisotopic (exact) mass is 271 g/mol. The fourth-order valence-corrected chi connectivity index (χ4v) is 2.76. The van der Waals surface area contributed by atoms with Gasteiger partial charge in [0.25, 0.3) is 0 Å². The van der Waals surface area contributed by atoms with Gasteiger partial charge in [-0.2, -0.15) is 0 Å². The second-order valence-electron chi connectivity index (χ2n) is 3.16. The first kappa shape index (κ1) is 11.8. The van der Waals surface area contributed by atoms with Crippen LogP contribution in [0.3, 0.4) is 0 Å². The maximum atomic E-state index is 5.48. The van der Waals surface area contributed by atoms with Crippen molar-refractivity contribution in [3.8, 4) is 12.3 Å². The largest absolute Gasteiger partial charge is 0.299 e. The topological polar surface area (TPSA) is 12.0 Å². The molecule has 1 aromatic heterocycles. The molecule has 1 nitrogen and oxygen atoms in total. The van der Waals surface area contributed by atoms with Gasteiger partial charge in [0.2, 0.25) is 0 Å². The highest BCUT2D eigenvalue weighted by molar-refractivity contribution is 9.11. The van der Waals surface area contributed by atoms with E-state index in [-0.39, 0.29) is 6.04 Å². The third kappa shape index (κ3) is 2.84. The third-order valence-corrected chi connectivity index (χ3v) is 4.13. The van der Waals surface area contributed by atoms with Gasteiger partial charge < -0.3 is 0 Å². The number of rotatable bonds is 4. The second-order valence-corrected chi connectivity index (χ2v) is 5.56. The molecule has 0 aliphatic rings. The molecule has 0 bridgehead atoms. The number of terminal acetylenes is 1. The van der Waals surface area contributed by atoms with Gasteiger partial charge >= 0.3 is 0 Å². The average molecular weight is 272 g/mol. The van der Waals surface area contributed by atoms with Crippen molar-refractivity contribution < 1.29 is 0 Å². The summed E-state index contributed by atoms with van der Waals surface area (Å²) in [6, 6.07) is 2.20. The van der Waals surface area contributed by atoms with Crippen LogP contribution in [0.15, 0.2) is 9.85 Å². The molecule has 0 aromatic carbocycles. The maximum Gasteiger partial charge on any atom is 0.104 e. The van der Waals surface area contributed by atoms with E-state index in [0.717, 1.165) is 13.0 Å². The normalized spacial score (nSPS) is 12.4. The summed E-state index contributed by atoms with van der Waals surface area (Å²) in [5, 5.41) is 3.33. The lowest BCUT2D eigenvalue weighted by atomic mass is 10.2. The quantitative estimate of drug-likeness (QED) is 0.827. The molecule has 1 N–H and O–H groups in total. The van der Waals surface area contributed by atoms with E-state index in [4.69, 9.17) is 6.42 Å². The summed E-state index contributed by atoms with van der Waals surface area (Å²) < 4.78 is 1.17. The van der Waals surface area contributed by atoms with Crippen LogP contribution in [-0.2, 0) is 0 Å². The maximum absolute atomic E-state index is 5.48. The number of hydrogen-bond donors (Lipinski definition) is 1. The minimum Gasteiger partial charge on any atom is -0.299 e. The summed E-state index contributed by atoms with van der Waals surface area (Å²) in [6.07, 6.45) is 6.58. The molecule has 0 fully saturated rings. The van der Waals surface area contributed by atoms with Gasteiger partial charge in [0.15, 0.2) is 0 Å². The molecular weight excluding hydrogens is 258 g/mol. The minimum absolute atomic E-state index is 0.0601. The van der Waals surface area contributed by atoms with Crippen LogP contribution >= 0.6 is 27.3 Å². The van der Waals surface area contributed by atoms with Crippen molar-refractivity contribution in [2.75, 3.05) is 6.54 Å². The first-order chi connectivity index (χ1) is 6.69. The van der Waals surface area contributed by atoms with E-state index in [0.29, 0.717) is 0 Å². The van der Waals surface area contributed by atoms with E-state index >= 15 is 0 Å². The van der Waals surface area contributed by atoms with E-state index in [1.807, 2.05) is 0 Å². The molecule has 0 radical (unpaired) electrons. The molecule has 0 aliphatic heterocycles. The summed E-state index contributed by atoms with van der Waals surface area (Å²) in [7, 11) is 0. The molecule has 0 saturated carbocycles. The Morgan fingerprint density at radius 3 is 2.86 bits per heavy atom. The zero-order valence-corrected chi connectivity index (χ0v) is 10.8. The van der Waals surface area contributed by atoms with Gasteiger partial charge in [0, 0.05) is 4.88 Å². The van der Waals surface area contributed by atoms with Crippen molar-refractivity contribution >= 4 is 27.3 Å². The Labute approximate surface area is 98.0 Å². The van der Waals surface area contributed by atoms with Crippen molar-refractivity contribution in [1.29, 1.82) is 0 Å². The molecule has 0 spiro atoms. The van der Waals surface area contributed by atoms with E-state index in [1.54, 1.807) is 11.3 Å². The van der Waals surface area contributed by atoms with Gasteiger partial charge in [-0.25, -0.2) is 0 Å². The van der Waals surface area contributed by atoms with Gasteiger partial charge in [-0.05, 0) is 47.4 Å². The fourth-order valence-electron chi connectivity index (χ4n) is 1.16. The van der Waals surface area contributed by atoms with Crippen LogP contribution < -0.4 is 5.32 Å². The summed E-state index contributed by atoms with van der Waals surface area (Å²) in [5.74, 6) is 2.77. The number of nitrogens with one attached hydrogen (secondary N) is 1. The Bertz CT molecular complexity index is 318. The number of aryl methyl sites for hydroxylation is 1. The standard InChI is InChI=1S/C11H14BrNS/c1-4-6-13-9(5-2)10-7-8(3)11(12)14-10/h2,7,9,13H,4,6H2,1,3H3. The van der Waals surface area contributed by atoms with Crippen molar-refractivity contribution in [3.05, 3.63) is 20.3 Å². The molecule has 76 valence electrons. The molecule has 1 atom stereocenters. The highest BCUT2D eigenvalue weighted by Gasteiger charge is 2.11. The summed E-state index contributed by atoms with van der Waals surface area (Å²) in [5.41, 5.74) is 1.25. The van der Waals surface area contributed by atoms with E-state index in [2.05, 4.69) is 47.1 Å². The molecule has 1 rings (SSSR count). The summed E-state index contributed by atoms with van der Waals surface area (Å²) >= 11 is 5.21. The smallest absolute Gasteiger partial charge is 0.104 e. The average Bonchev–Trinajstić information content (AvgIpc) is 2.48. The van der Waals surface area contributed by atoms with E-state index < -0.39 is 0 Å². The predicted molar refractivity (Wildman–Crippen MR) is 66.6 cm³/mol. The molecule has 3 heteroatoms. The predicted octanol–water partition coefficient (Wildman–Crippen LogP) is 3.49. The van der Waals surface area contributed by atoms with Crippen molar-refractivity contribution in [2.45, 2.75) is 26.3 Å². The van der Waals surface area contributed by atoms with Crippen LogP contribution in [0.25, 0.3) is 0 Å². The highest BCUT2D eigenvalue weighted by Crippen LogP contribution is 2.31. The van der Waals surface area contributed by atoms with E-state index in [1.165, 1.54) is 14.2 Å². The van der Waals surface area contributed by atoms with Crippen LogP contribution in [0.2, 0.25) is 0 Å². The van der Waals surface area contributed by atoms with Gasteiger partial charge in [-0.15, -0.1) is 17.8 Å². The van der Waals surface area contributed by atoms with Crippen molar-refractivity contribution in [2.24, 2.45) is 0 Å². The summed E-state index contributed by atoms with van der Waals surface area (Å²) in [4.78, 5) is 1.21. The number of hydrogen-bond acceptors (Lipinski definition) is 2. The summed E-state index contributed by atoms with van der Waals surface area (Å²) in [6.45, 7) is 5.18. The van der Waals surface area contributed by atoms with Gasteiger partial charge in [-0.3, -0.25) is 5.32 Å².